The number of nitro groups is 1. The minimum atomic E-state index is -1.16. The molecule has 1 fully saturated rings. The maximum absolute atomic E-state index is 13.0. The zero-order valence-corrected chi connectivity index (χ0v) is 19.6. The zero-order valence-electron chi connectivity index (χ0n) is 18.8. The number of hydrogen-bond donors (Lipinski definition) is 4. The van der Waals surface area contributed by atoms with Crippen molar-refractivity contribution in [1.29, 1.82) is 0 Å². The van der Waals surface area contributed by atoms with Crippen LogP contribution in [0.4, 0.5) is 5.69 Å². The lowest BCUT2D eigenvalue weighted by Gasteiger charge is -2.37. The molecule has 0 radical (unpaired) electrons. The van der Waals surface area contributed by atoms with Crippen LogP contribution in [0, 0.1) is 10.1 Å². The third-order valence-corrected chi connectivity index (χ3v) is 5.75. The van der Waals surface area contributed by atoms with E-state index in [1.54, 1.807) is 30.3 Å². The van der Waals surface area contributed by atoms with Crippen molar-refractivity contribution in [1.82, 2.24) is 21.3 Å². The molecule has 1 saturated heterocycles. The first-order valence-electron chi connectivity index (χ1n) is 11.0. The normalized spacial score (nSPS) is 14.4. The number of para-hydroxylation sites is 2. The fourth-order valence-corrected chi connectivity index (χ4v) is 3.79. The van der Waals surface area contributed by atoms with Gasteiger partial charge in [0.2, 0.25) is 5.91 Å². The third kappa shape index (κ3) is 7.14. The third-order valence-electron chi connectivity index (χ3n) is 5.49. The van der Waals surface area contributed by atoms with Crippen LogP contribution >= 0.6 is 11.6 Å². The molecular weight excluding hydrogens is 478 g/mol. The lowest BCUT2D eigenvalue weighted by molar-refractivity contribution is -0.385. The van der Waals surface area contributed by atoms with Crippen LogP contribution in [0.3, 0.4) is 0 Å². The van der Waals surface area contributed by atoms with Gasteiger partial charge in [0.05, 0.1) is 4.92 Å². The highest BCUT2D eigenvalue weighted by Gasteiger charge is 2.40. The van der Waals surface area contributed by atoms with Gasteiger partial charge in [-0.25, -0.2) is 0 Å². The van der Waals surface area contributed by atoms with E-state index in [1.807, 2.05) is 0 Å². The molecule has 3 amide bonds. The average molecular weight is 504 g/mol. The lowest BCUT2D eigenvalue weighted by Crippen LogP contribution is -2.63. The first-order valence-corrected chi connectivity index (χ1v) is 11.4. The van der Waals surface area contributed by atoms with E-state index in [2.05, 4.69) is 21.3 Å². The van der Waals surface area contributed by atoms with E-state index in [9.17, 15) is 24.5 Å². The highest BCUT2D eigenvalue weighted by molar-refractivity contribution is 6.30. The second-order valence-electron chi connectivity index (χ2n) is 7.91. The Morgan fingerprint density at radius 3 is 2.37 bits per heavy atom. The Kier molecular flexibility index (Phi) is 8.98. The number of nitrogens with zero attached hydrogens (tertiary/aromatic N) is 1. The summed E-state index contributed by atoms with van der Waals surface area (Å²) < 4.78 is 5.34. The molecule has 1 heterocycles. The second-order valence-corrected chi connectivity index (χ2v) is 8.35. The summed E-state index contributed by atoms with van der Waals surface area (Å²) in [7, 11) is 0. The Bertz CT molecular complexity index is 1070. The summed E-state index contributed by atoms with van der Waals surface area (Å²) in [6, 6.07) is 12.2. The number of piperidine rings is 1. The van der Waals surface area contributed by atoms with Crippen molar-refractivity contribution in [3.8, 4) is 5.75 Å². The molecule has 3 rings (SSSR count). The van der Waals surface area contributed by atoms with Crippen molar-refractivity contribution < 1.29 is 24.0 Å². The van der Waals surface area contributed by atoms with Gasteiger partial charge in [-0.1, -0.05) is 23.7 Å². The van der Waals surface area contributed by atoms with Gasteiger partial charge in [0.15, 0.2) is 12.4 Å². The van der Waals surface area contributed by atoms with E-state index in [-0.39, 0.29) is 36.3 Å². The zero-order chi connectivity index (χ0) is 25.3. The summed E-state index contributed by atoms with van der Waals surface area (Å²) in [6.45, 7) is 0.911. The molecule has 35 heavy (non-hydrogen) atoms. The fraction of sp³-hybridized carbons (Fsp3) is 0.348. The predicted molar refractivity (Wildman–Crippen MR) is 128 cm³/mol. The molecule has 0 aliphatic carbocycles. The fourth-order valence-electron chi connectivity index (χ4n) is 3.66. The monoisotopic (exact) mass is 503 g/mol. The summed E-state index contributed by atoms with van der Waals surface area (Å²) in [5, 5.41) is 23.0. The van der Waals surface area contributed by atoms with E-state index in [0.29, 0.717) is 36.5 Å². The quantitative estimate of drug-likeness (QED) is 0.217. The number of rotatable bonds is 10. The first kappa shape index (κ1) is 25.9. The summed E-state index contributed by atoms with van der Waals surface area (Å²) >= 11 is 5.82. The van der Waals surface area contributed by atoms with Crippen molar-refractivity contribution in [3.05, 3.63) is 69.2 Å². The van der Waals surface area contributed by atoms with Gasteiger partial charge in [-0.15, -0.1) is 0 Å². The van der Waals surface area contributed by atoms with Gasteiger partial charge in [0.1, 0.15) is 5.54 Å². The molecule has 11 nitrogen and oxygen atoms in total. The van der Waals surface area contributed by atoms with E-state index >= 15 is 0 Å². The predicted octanol–water partition coefficient (Wildman–Crippen LogP) is 1.41. The maximum atomic E-state index is 13.0. The molecule has 4 N–H and O–H groups in total. The van der Waals surface area contributed by atoms with Crippen LogP contribution in [0.2, 0.25) is 5.02 Å². The van der Waals surface area contributed by atoms with Gasteiger partial charge in [-0.3, -0.25) is 24.5 Å². The van der Waals surface area contributed by atoms with Crippen LogP contribution < -0.4 is 26.0 Å². The van der Waals surface area contributed by atoms with Crippen LogP contribution in [-0.2, 0) is 9.59 Å². The number of carbonyl (C=O) groups excluding carboxylic acids is 3. The Hall–Kier alpha value is -3.70. The van der Waals surface area contributed by atoms with Crippen LogP contribution in [-0.4, -0.2) is 61.0 Å². The molecule has 2 aromatic carbocycles. The van der Waals surface area contributed by atoms with E-state index in [0.717, 1.165) is 0 Å². The first-order chi connectivity index (χ1) is 16.8. The topological polar surface area (TPSA) is 152 Å². The summed E-state index contributed by atoms with van der Waals surface area (Å²) in [6.07, 6.45) is 0.709. The minimum Gasteiger partial charge on any atom is -0.477 e. The van der Waals surface area contributed by atoms with Gasteiger partial charge in [0, 0.05) is 29.7 Å². The molecule has 12 heteroatoms. The van der Waals surface area contributed by atoms with Gasteiger partial charge >= 0.3 is 5.69 Å². The largest absolute Gasteiger partial charge is 0.477 e. The number of nitro benzene ring substituents is 1. The summed E-state index contributed by atoms with van der Waals surface area (Å²) in [5.41, 5.74) is -0.967. The number of halogens is 1. The number of amides is 3. The van der Waals surface area contributed by atoms with Crippen LogP contribution in [0.1, 0.15) is 23.2 Å². The lowest BCUT2D eigenvalue weighted by atomic mass is 9.87. The SMILES string of the molecule is O=C(COc1ccccc1[N+](=O)[O-])NC1(C(=O)NCCNC(=O)c2ccc(Cl)cc2)CCNCC1. The van der Waals surface area contributed by atoms with E-state index < -0.39 is 23.0 Å². The van der Waals surface area contributed by atoms with E-state index in [4.69, 9.17) is 16.3 Å². The minimum absolute atomic E-state index is 0.0344. The molecule has 0 spiro atoms. The molecule has 1 aliphatic heterocycles. The van der Waals surface area contributed by atoms with Crippen LogP contribution in [0.5, 0.6) is 5.75 Å². The molecule has 0 atom stereocenters. The highest BCUT2D eigenvalue weighted by atomic mass is 35.5. The maximum Gasteiger partial charge on any atom is 0.310 e. The summed E-state index contributed by atoms with van der Waals surface area (Å²) in [4.78, 5) is 48.3. The molecule has 186 valence electrons. The molecule has 0 aromatic heterocycles. The molecule has 0 unspecified atom stereocenters. The van der Waals surface area contributed by atoms with Crippen molar-refractivity contribution >= 4 is 35.0 Å². The van der Waals surface area contributed by atoms with Crippen molar-refractivity contribution in [3.63, 3.8) is 0 Å². The molecule has 0 saturated carbocycles. The Labute approximate surface area is 206 Å². The number of hydrogen-bond acceptors (Lipinski definition) is 7. The average Bonchev–Trinajstić information content (AvgIpc) is 2.86. The van der Waals surface area contributed by atoms with Gasteiger partial charge < -0.3 is 26.0 Å². The number of nitrogens with one attached hydrogen (secondary N) is 4. The standard InChI is InChI=1S/C23H26ClN5O6/c24-17-7-5-16(6-8-17)21(31)26-13-14-27-22(32)23(9-11-25-12-10-23)28-20(30)15-35-19-4-2-1-3-18(19)29(33)34/h1-8,25H,9-15H2,(H,26,31)(H,27,32)(H,28,30). The molecular formula is C23H26ClN5O6. The van der Waals surface area contributed by atoms with Crippen molar-refractivity contribution in [2.45, 2.75) is 18.4 Å². The molecule has 0 bridgehead atoms. The smallest absolute Gasteiger partial charge is 0.310 e. The van der Waals surface area contributed by atoms with Crippen LogP contribution in [0.25, 0.3) is 0 Å². The number of carbonyl (C=O) groups is 3. The molecule has 2 aromatic rings. The Morgan fingerprint density at radius 2 is 1.69 bits per heavy atom. The summed E-state index contributed by atoms with van der Waals surface area (Å²) in [5.74, 6) is -1.28. The van der Waals surface area contributed by atoms with Gasteiger partial charge in [0.25, 0.3) is 11.8 Å². The Balaban J connectivity index is 1.52. The van der Waals surface area contributed by atoms with Gasteiger partial charge in [-0.2, -0.15) is 0 Å². The highest BCUT2D eigenvalue weighted by Crippen LogP contribution is 2.26. The van der Waals surface area contributed by atoms with Crippen molar-refractivity contribution in [2.75, 3.05) is 32.8 Å². The number of benzene rings is 2. The Morgan fingerprint density at radius 1 is 1.03 bits per heavy atom. The van der Waals surface area contributed by atoms with Crippen LogP contribution in [0.15, 0.2) is 48.5 Å². The molecule has 1 aliphatic rings. The van der Waals surface area contributed by atoms with E-state index in [1.165, 1.54) is 18.2 Å². The van der Waals surface area contributed by atoms with Crippen molar-refractivity contribution in [2.24, 2.45) is 0 Å². The van der Waals surface area contributed by atoms with Gasteiger partial charge in [-0.05, 0) is 56.3 Å². The number of ether oxygens (including phenoxy) is 1. The second kappa shape index (κ2) is 12.1.